The summed E-state index contributed by atoms with van der Waals surface area (Å²) in [5.41, 5.74) is 3.08. The largest absolute Gasteiger partial charge is 0.493 e. The van der Waals surface area contributed by atoms with Crippen LogP contribution in [0, 0.1) is 0 Å². The maximum Gasteiger partial charge on any atom is 0.234 e. The molecule has 1 heterocycles. The quantitative estimate of drug-likeness (QED) is 0.816. The monoisotopic (exact) mass is 375 g/mol. The normalized spacial score (nSPS) is 16.4. The fourth-order valence-electron chi connectivity index (χ4n) is 3.04. The molecule has 23 heavy (non-hydrogen) atoms. The molecule has 5 heteroatoms. The van der Waals surface area contributed by atoms with Gasteiger partial charge in [0.25, 0.3) is 0 Å². The van der Waals surface area contributed by atoms with Crippen molar-refractivity contribution in [3.05, 3.63) is 52.0 Å². The number of fused-ring (bicyclic) bond motifs is 1. The van der Waals surface area contributed by atoms with Gasteiger partial charge >= 0.3 is 0 Å². The van der Waals surface area contributed by atoms with Crippen LogP contribution in [-0.2, 0) is 11.2 Å². The van der Waals surface area contributed by atoms with E-state index >= 15 is 0 Å². The summed E-state index contributed by atoms with van der Waals surface area (Å²) in [5, 5.41) is 0. The number of para-hydroxylation sites is 1. The van der Waals surface area contributed by atoms with Crippen molar-refractivity contribution < 1.29 is 14.3 Å². The van der Waals surface area contributed by atoms with E-state index in [4.69, 9.17) is 9.47 Å². The van der Waals surface area contributed by atoms with Crippen LogP contribution in [0.4, 0.5) is 5.69 Å². The summed E-state index contributed by atoms with van der Waals surface area (Å²) in [6.07, 6.45) is 0.612. The van der Waals surface area contributed by atoms with E-state index in [0.29, 0.717) is 17.9 Å². The number of nitrogens with zero attached hydrogens (tertiary/aromatic N) is 1. The Morgan fingerprint density at radius 2 is 1.78 bits per heavy atom. The molecule has 1 aliphatic rings. The zero-order chi connectivity index (χ0) is 16.6. The summed E-state index contributed by atoms with van der Waals surface area (Å²) >= 11 is 3.57. The predicted molar refractivity (Wildman–Crippen MR) is 93.5 cm³/mol. The number of carbonyl (C=O) groups excluding carboxylic acids is 1. The Bertz CT molecular complexity index is 760. The molecule has 0 unspecified atom stereocenters. The van der Waals surface area contributed by atoms with Gasteiger partial charge in [-0.25, -0.2) is 0 Å². The predicted octanol–water partition coefficient (Wildman–Crippen LogP) is 3.77. The molecule has 0 saturated heterocycles. The zero-order valence-corrected chi connectivity index (χ0v) is 14.9. The van der Waals surface area contributed by atoms with Gasteiger partial charge in [0.2, 0.25) is 5.91 Å². The molecule has 0 N–H and O–H groups in total. The molecule has 0 fully saturated rings. The first kappa shape index (κ1) is 15.9. The van der Waals surface area contributed by atoms with Crippen LogP contribution in [0.5, 0.6) is 11.5 Å². The van der Waals surface area contributed by atoms with E-state index < -0.39 is 0 Å². The smallest absolute Gasteiger partial charge is 0.234 e. The standard InChI is InChI=1S/C18H18BrNO3/c1-20-15-7-5-4-6-12(15)13(18(20)21)8-11-9-16(22-2)17(23-3)10-14(11)19/h4-7,9-10,13H,8H2,1-3H3/t13-/m0/s1. The van der Waals surface area contributed by atoms with Gasteiger partial charge in [0, 0.05) is 17.2 Å². The number of hydrogen-bond donors (Lipinski definition) is 0. The van der Waals surface area contributed by atoms with Crippen LogP contribution in [0.25, 0.3) is 0 Å². The number of carbonyl (C=O) groups is 1. The number of halogens is 1. The highest BCUT2D eigenvalue weighted by Gasteiger charge is 2.35. The molecule has 1 atom stereocenters. The van der Waals surface area contributed by atoms with Gasteiger partial charge in [0.15, 0.2) is 11.5 Å². The molecule has 120 valence electrons. The van der Waals surface area contributed by atoms with Gasteiger partial charge in [-0.15, -0.1) is 0 Å². The molecule has 0 aromatic heterocycles. The van der Waals surface area contributed by atoms with Crippen molar-refractivity contribution in [3.63, 3.8) is 0 Å². The van der Waals surface area contributed by atoms with Gasteiger partial charge in [0.1, 0.15) is 0 Å². The van der Waals surface area contributed by atoms with Crippen molar-refractivity contribution in [2.24, 2.45) is 0 Å². The average Bonchev–Trinajstić information content (AvgIpc) is 2.81. The van der Waals surface area contributed by atoms with Crippen molar-refractivity contribution in [2.45, 2.75) is 12.3 Å². The number of methoxy groups -OCH3 is 2. The van der Waals surface area contributed by atoms with Gasteiger partial charge in [0.05, 0.1) is 20.1 Å². The van der Waals surface area contributed by atoms with Gasteiger partial charge in [-0.05, 0) is 35.7 Å². The van der Waals surface area contributed by atoms with Gasteiger partial charge in [-0.3, -0.25) is 4.79 Å². The lowest BCUT2D eigenvalue weighted by Gasteiger charge is -2.15. The van der Waals surface area contributed by atoms with Crippen LogP contribution in [0.1, 0.15) is 17.0 Å². The molecule has 0 radical (unpaired) electrons. The van der Waals surface area contributed by atoms with Crippen molar-refractivity contribution in [2.75, 3.05) is 26.2 Å². The van der Waals surface area contributed by atoms with E-state index in [9.17, 15) is 4.79 Å². The number of benzene rings is 2. The summed E-state index contributed by atoms with van der Waals surface area (Å²) in [4.78, 5) is 14.3. The number of likely N-dealkylation sites (N-methyl/N-ethyl adjacent to an activating group) is 1. The lowest BCUT2D eigenvalue weighted by Crippen LogP contribution is -2.25. The lowest BCUT2D eigenvalue weighted by atomic mass is 9.93. The Morgan fingerprint density at radius 1 is 1.13 bits per heavy atom. The van der Waals surface area contributed by atoms with Crippen LogP contribution >= 0.6 is 15.9 Å². The third-order valence-corrected chi connectivity index (χ3v) is 5.02. The third kappa shape index (κ3) is 2.70. The average molecular weight is 376 g/mol. The third-order valence-electron chi connectivity index (χ3n) is 4.28. The second-order valence-corrected chi connectivity index (χ2v) is 6.37. The van der Waals surface area contributed by atoms with E-state index in [-0.39, 0.29) is 11.8 Å². The Kier molecular flexibility index (Phi) is 4.31. The Morgan fingerprint density at radius 3 is 2.48 bits per heavy atom. The molecule has 2 aromatic carbocycles. The number of rotatable bonds is 4. The maximum absolute atomic E-state index is 12.6. The molecule has 1 aliphatic heterocycles. The molecular weight excluding hydrogens is 358 g/mol. The summed E-state index contributed by atoms with van der Waals surface area (Å²) in [6.45, 7) is 0. The van der Waals surface area contributed by atoms with E-state index in [1.807, 2.05) is 43.4 Å². The SMILES string of the molecule is COc1cc(Br)c(C[C@@H]2C(=O)N(C)c3ccccc32)cc1OC. The van der Waals surface area contributed by atoms with E-state index in [1.54, 1.807) is 19.1 Å². The molecule has 0 aliphatic carbocycles. The van der Waals surface area contributed by atoms with Gasteiger partial charge in [-0.1, -0.05) is 34.1 Å². The summed E-state index contributed by atoms with van der Waals surface area (Å²) in [7, 11) is 5.04. The Labute approximate surface area is 144 Å². The van der Waals surface area contributed by atoms with Crippen LogP contribution in [0.15, 0.2) is 40.9 Å². The van der Waals surface area contributed by atoms with Crippen LogP contribution in [-0.4, -0.2) is 27.2 Å². The molecular formula is C18H18BrNO3. The van der Waals surface area contributed by atoms with E-state index in [0.717, 1.165) is 21.3 Å². The fourth-order valence-corrected chi connectivity index (χ4v) is 3.53. The minimum atomic E-state index is -0.175. The van der Waals surface area contributed by atoms with Crippen LogP contribution < -0.4 is 14.4 Å². The van der Waals surface area contributed by atoms with Crippen molar-refractivity contribution >= 4 is 27.5 Å². The second kappa shape index (κ2) is 6.24. The minimum absolute atomic E-state index is 0.118. The minimum Gasteiger partial charge on any atom is -0.493 e. The topological polar surface area (TPSA) is 38.8 Å². The first-order valence-electron chi connectivity index (χ1n) is 7.33. The van der Waals surface area contributed by atoms with E-state index in [1.165, 1.54) is 0 Å². The van der Waals surface area contributed by atoms with Crippen molar-refractivity contribution in [3.8, 4) is 11.5 Å². The molecule has 4 nitrogen and oxygen atoms in total. The molecule has 0 spiro atoms. The maximum atomic E-state index is 12.6. The number of amides is 1. The fraction of sp³-hybridized carbons (Fsp3) is 0.278. The zero-order valence-electron chi connectivity index (χ0n) is 13.3. The molecule has 0 bridgehead atoms. The molecule has 1 amide bonds. The molecule has 0 saturated carbocycles. The molecule has 3 rings (SSSR count). The number of ether oxygens (including phenoxy) is 2. The lowest BCUT2D eigenvalue weighted by molar-refractivity contribution is -0.119. The highest BCUT2D eigenvalue weighted by molar-refractivity contribution is 9.10. The van der Waals surface area contributed by atoms with Gasteiger partial charge < -0.3 is 14.4 Å². The summed E-state index contributed by atoms with van der Waals surface area (Å²) < 4.78 is 11.6. The number of hydrogen-bond acceptors (Lipinski definition) is 3. The van der Waals surface area contributed by atoms with Crippen molar-refractivity contribution in [1.29, 1.82) is 0 Å². The number of anilines is 1. The second-order valence-electron chi connectivity index (χ2n) is 5.51. The summed E-state index contributed by atoms with van der Waals surface area (Å²) in [5.74, 6) is 1.27. The van der Waals surface area contributed by atoms with E-state index in [2.05, 4.69) is 15.9 Å². The first-order valence-corrected chi connectivity index (χ1v) is 8.13. The summed E-state index contributed by atoms with van der Waals surface area (Å²) in [6, 6.07) is 11.7. The Balaban J connectivity index is 1.98. The van der Waals surface area contributed by atoms with Gasteiger partial charge in [-0.2, -0.15) is 0 Å². The highest BCUT2D eigenvalue weighted by Crippen LogP contribution is 2.41. The van der Waals surface area contributed by atoms with Crippen LogP contribution in [0.2, 0.25) is 0 Å². The first-order chi connectivity index (χ1) is 11.1. The highest BCUT2D eigenvalue weighted by atomic mass is 79.9. The van der Waals surface area contributed by atoms with Crippen molar-refractivity contribution in [1.82, 2.24) is 0 Å². The van der Waals surface area contributed by atoms with Crippen LogP contribution in [0.3, 0.4) is 0 Å². The molecule has 2 aromatic rings. The Hall–Kier alpha value is -2.01.